The Morgan fingerprint density at radius 3 is 2.57 bits per heavy atom. The molecule has 0 aliphatic heterocycles. The molecule has 0 radical (unpaired) electrons. The Bertz CT molecular complexity index is 662. The van der Waals surface area contributed by atoms with E-state index in [1.54, 1.807) is 12.3 Å². The highest BCUT2D eigenvalue weighted by atomic mass is 19.1. The molecule has 0 saturated carbocycles. The number of carbonyl (C=O) groups is 1. The maximum absolute atomic E-state index is 13.7. The monoisotopic (exact) mass is 293 g/mol. The summed E-state index contributed by atoms with van der Waals surface area (Å²) in [5.41, 5.74) is 1.25. The zero-order chi connectivity index (χ0) is 15.6. The summed E-state index contributed by atoms with van der Waals surface area (Å²) in [6, 6.07) is 4.90. The Morgan fingerprint density at radius 1 is 1.29 bits per heavy atom. The van der Waals surface area contributed by atoms with Crippen LogP contribution in [0.25, 0.3) is 0 Å². The van der Waals surface area contributed by atoms with Crippen molar-refractivity contribution in [3.63, 3.8) is 0 Å². The number of rotatable bonds is 5. The molecule has 0 unspecified atom stereocenters. The van der Waals surface area contributed by atoms with E-state index in [9.17, 15) is 18.7 Å². The van der Waals surface area contributed by atoms with Crippen LogP contribution in [0.3, 0.4) is 0 Å². The molecule has 0 atom stereocenters. The number of benzene rings is 1. The highest BCUT2D eigenvalue weighted by Crippen LogP contribution is 2.17. The zero-order valence-corrected chi connectivity index (χ0v) is 11.9. The van der Waals surface area contributed by atoms with Crippen LogP contribution in [0.15, 0.2) is 30.5 Å². The van der Waals surface area contributed by atoms with Gasteiger partial charge < -0.3 is 9.67 Å². The number of aromatic carboxylic acids is 1. The predicted molar refractivity (Wildman–Crippen MR) is 75.4 cm³/mol. The van der Waals surface area contributed by atoms with Gasteiger partial charge in [0.25, 0.3) is 0 Å². The average molecular weight is 293 g/mol. The molecule has 2 aromatic rings. The highest BCUT2D eigenvalue weighted by molar-refractivity contribution is 5.86. The van der Waals surface area contributed by atoms with Gasteiger partial charge in [-0.05, 0) is 30.0 Å². The summed E-state index contributed by atoms with van der Waals surface area (Å²) < 4.78 is 28.1. The van der Waals surface area contributed by atoms with Gasteiger partial charge in [0.2, 0.25) is 0 Å². The van der Waals surface area contributed by atoms with Crippen LogP contribution in [-0.2, 0) is 13.0 Å². The van der Waals surface area contributed by atoms with Crippen LogP contribution in [0.4, 0.5) is 8.78 Å². The standard InChI is InChI=1S/C16H17F2NO2/c1-10(2)5-11-6-15(16(20)21)19(8-11)9-12-3-4-13(17)7-14(12)18/h3-4,6-8,10H,5,9H2,1-2H3,(H,20,21). The van der Waals surface area contributed by atoms with Gasteiger partial charge >= 0.3 is 5.97 Å². The Hall–Kier alpha value is -2.17. The minimum atomic E-state index is -1.06. The number of carboxylic acid groups (broad SMARTS) is 1. The van der Waals surface area contributed by atoms with Crippen molar-refractivity contribution in [3.05, 3.63) is 58.9 Å². The summed E-state index contributed by atoms with van der Waals surface area (Å²) in [5.74, 6) is -1.99. The van der Waals surface area contributed by atoms with Crippen LogP contribution in [0, 0.1) is 17.6 Å². The number of nitrogens with zero attached hydrogens (tertiary/aromatic N) is 1. The third kappa shape index (κ3) is 3.68. The van der Waals surface area contributed by atoms with E-state index in [-0.39, 0.29) is 17.8 Å². The normalized spacial score (nSPS) is 11.1. The van der Waals surface area contributed by atoms with Crippen LogP contribution >= 0.6 is 0 Å². The lowest BCUT2D eigenvalue weighted by Crippen LogP contribution is -2.09. The average Bonchev–Trinajstić information content (AvgIpc) is 2.75. The number of hydrogen-bond donors (Lipinski definition) is 1. The molecule has 1 heterocycles. The van der Waals surface area contributed by atoms with Crippen molar-refractivity contribution in [3.8, 4) is 0 Å². The molecule has 0 aliphatic carbocycles. The molecule has 2 rings (SSSR count). The van der Waals surface area contributed by atoms with Gasteiger partial charge in [-0.3, -0.25) is 0 Å². The van der Waals surface area contributed by atoms with Crippen molar-refractivity contribution in [1.82, 2.24) is 4.57 Å². The summed E-state index contributed by atoms with van der Waals surface area (Å²) in [5, 5.41) is 9.23. The first kappa shape index (κ1) is 15.2. The molecule has 1 aromatic heterocycles. The van der Waals surface area contributed by atoms with E-state index < -0.39 is 17.6 Å². The molecule has 0 aliphatic rings. The molecular formula is C16H17F2NO2. The van der Waals surface area contributed by atoms with Gasteiger partial charge in [0.05, 0.1) is 6.54 Å². The molecule has 0 saturated heterocycles. The van der Waals surface area contributed by atoms with Crippen LogP contribution in [0.1, 0.15) is 35.5 Å². The Balaban J connectivity index is 2.33. The molecule has 0 fully saturated rings. The molecule has 0 spiro atoms. The van der Waals surface area contributed by atoms with Crippen LogP contribution in [0.5, 0.6) is 0 Å². The van der Waals surface area contributed by atoms with Crippen LogP contribution in [0.2, 0.25) is 0 Å². The molecule has 112 valence electrons. The van der Waals surface area contributed by atoms with Gasteiger partial charge in [-0.15, -0.1) is 0 Å². The molecule has 21 heavy (non-hydrogen) atoms. The molecular weight excluding hydrogens is 276 g/mol. The van der Waals surface area contributed by atoms with Crippen molar-refractivity contribution in [1.29, 1.82) is 0 Å². The van der Waals surface area contributed by atoms with Gasteiger partial charge in [-0.1, -0.05) is 19.9 Å². The molecule has 3 nitrogen and oxygen atoms in total. The maximum Gasteiger partial charge on any atom is 0.352 e. The maximum atomic E-state index is 13.7. The van der Waals surface area contributed by atoms with Gasteiger partial charge in [-0.2, -0.15) is 0 Å². The lowest BCUT2D eigenvalue weighted by atomic mass is 10.1. The van der Waals surface area contributed by atoms with Gasteiger partial charge in [-0.25, -0.2) is 13.6 Å². The number of carboxylic acids is 1. The fourth-order valence-electron chi connectivity index (χ4n) is 2.30. The Kier molecular flexibility index (Phi) is 4.40. The quantitative estimate of drug-likeness (QED) is 0.913. The minimum Gasteiger partial charge on any atom is -0.477 e. The molecule has 1 aromatic carbocycles. The first-order chi connectivity index (χ1) is 9.86. The van der Waals surface area contributed by atoms with Crippen molar-refractivity contribution < 1.29 is 18.7 Å². The second kappa shape index (κ2) is 6.08. The summed E-state index contributed by atoms with van der Waals surface area (Å²) in [6.45, 7) is 4.14. The van der Waals surface area contributed by atoms with Gasteiger partial charge in [0.15, 0.2) is 0 Å². The SMILES string of the molecule is CC(C)Cc1cc(C(=O)O)n(Cc2ccc(F)cc2F)c1. The first-order valence-electron chi connectivity index (χ1n) is 6.73. The Labute approximate surface area is 121 Å². The van der Waals surface area contributed by atoms with E-state index in [1.807, 2.05) is 13.8 Å². The summed E-state index contributed by atoms with van der Waals surface area (Å²) in [7, 11) is 0. The summed E-state index contributed by atoms with van der Waals surface area (Å²) in [6.07, 6.45) is 2.46. The first-order valence-corrected chi connectivity index (χ1v) is 6.73. The van der Waals surface area contributed by atoms with Crippen LogP contribution in [-0.4, -0.2) is 15.6 Å². The third-order valence-corrected chi connectivity index (χ3v) is 3.17. The van der Waals surface area contributed by atoms with E-state index in [2.05, 4.69) is 0 Å². The number of aromatic nitrogens is 1. The van der Waals surface area contributed by atoms with E-state index in [4.69, 9.17) is 0 Å². The van der Waals surface area contributed by atoms with E-state index in [0.717, 1.165) is 24.1 Å². The molecule has 5 heteroatoms. The molecule has 0 bridgehead atoms. The summed E-state index contributed by atoms with van der Waals surface area (Å²) in [4.78, 5) is 11.3. The second-order valence-corrected chi connectivity index (χ2v) is 5.50. The topological polar surface area (TPSA) is 42.2 Å². The lowest BCUT2D eigenvalue weighted by molar-refractivity contribution is 0.0685. The zero-order valence-electron chi connectivity index (χ0n) is 11.9. The fourth-order valence-corrected chi connectivity index (χ4v) is 2.30. The molecule has 0 amide bonds. The third-order valence-electron chi connectivity index (χ3n) is 3.17. The van der Waals surface area contributed by atoms with Crippen molar-refractivity contribution in [2.24, 2.45) is 5.92 Å². The summed E-state index contributed by atoms with van der Waals surface area (Å²) >= 11 is 0. The predicted octanol–water partition coefficient (Wildman–Crippen LogP) is 3.71. The smallest absolute Gasteiger partial charge is 0.352 e. The highest BCUT2D eigenvalue weighted by Gasteiger charge is 2.15. The Morgan fingerprint density at radius 2 is 2.00 bits per heavy atom. The number of hydrogen-bond acceptors (Lipinski definition) is 1. The minimum absolute atomic E-state index is 0.0614. The molecule has 1 N–H and O–H groups in total. The fraction of sp³-hybridized carbons (Fsp3) is 0.312. The van der Waals surface area contributed by atoms with E-state index >= 15 is 0 Å². The van der Waals surface area contributed by atoms with Gasteiger partial charge in [0, 0.05) is 17.8 Å². The van der Waals surface area contributed by atoms with Gasteiger partial charge in [0.1, 0.15) is 17.3 Å². The van der Waals surface area contributed by atoms with E-state index in [0.29, 0.717) is 5.92 Å². The van der Waals surface area contributed by atoms with Crippen molar-refractivity contribution >= 4 is 5.97 Å². The van der Waals surface area contributed by atoms with Crippen molar-refractivity contribution in [2.75, 3.05) is 0 Å². The second-order valence-electron chi connectivity index (χ2n) is 5.50. The number of halogens is 2. The largest absolute Gasteiger partial charge is 0.477 e. The van der Waals surface area contributed by atoms with E-state index in [1.165, 1.54) is 10.6 Å². The van der Waals surface area contributed by atoms with Crippen molar-refractivity contribution in [2.45, 2.75) is 26.8 Å². The van der Waals surface area contributed by atoms with Crippen LogP contribution < -0.4 is 0 Å². The lowest BCUT2D eigenvalue weighted by Gasteiger charge is -2.07.